The van der Waals surface area contributed by atoms with Gasteiger partial charge in [-0.3, -0.25) is 10.9 Å². The van der Waals surface area contributed by atoms with Crippen molar-refractivity contribution in [2.75, 3.05) is 10.7 Å². The van der Waals surface area contributed by atoms with E-state index in [2.05, 4.69) is 48.2 Å². The second kappa shape index (κ2) is 8.31. The lowest BCUT2D eigenvalue weighted by molar-refractivity contribution is 0.0697. The van der Waals surface area contributed by atoms with Crippen molar-refractivity contribution in [1.29, 1.82) is 0 Å². The minimum absolute atomic E-state index is 0.241. The van der Waals surface area contributed by atoms with Crippen LogP contribution in [-0.2, 0) is 12.8 Å². The normalized spacial score (nSPS) is 10.1. The highest BCUT2D eigenvalue weighted by Crippen LogP contribution is 2.22. The van der Waals surface area contributed by atoms with Gasteiger partial charge in [0.1, 0.15) is 0 Å². The number of carboxylic acids is 1. The molecule has 126 valence electrons. The van der Waals surface area contributed by atoms with Crippen molar-refractivity contribution < 1.29 is 9.90 Å². The van der Waals surface area contributed by atoms with Crippen LogP contribution in [0.3, 0.4) is 0 Å². The first-order chi connectivity index (χ1) is 11.5. The number of aromatic carboxylic acids is 1. The smallest absolute Gasteiger partial charge is 0.335 e. The first-order valence-corrected chi connectivity index (χ1v) is 8.23. The van der Waals surface area contributed by atoms with Gasteiger partial charge >= 0.3 is 5.97 Å². The lowest BCUT2D eigenvalue weighted by Gasteiger charge is -2.17. The van der Waals surface area contributed by atoms with E-state index in [9.17, 15) is 4.79 Å². The predicted octanol–water partition coefficient (Wildman–Crippen LogP) is 3.82. The summed E-state index contributed by atoms with van der Waals surface area (Å²) in [6, 6.07) is 12.6. The Hall–Kier alpha value is -2.60. The molecule has 0 radical (unpaired) electrons. The Kier molecular flexibility index (Phi) is 6.14. The number of hydrazine groups is 1. The minimum Gasteiger partial charge on any atom is -0.478 e. The fraction of sp³-hybridized carbons (Fsp3) is 0.222. The summed E-state index contributed by atoms with van der Waals surface area (Å²) in [4.78, 5) is 10.8. The van der Waals surface area contributed by atoms with Crippen molar-refractivity contribution in [3.05, 3.63) is 59.2 Å². The molecule has 0 bridgehead atoms. The van der Waals surface area contributed by atoms with Gasteiger partial charge in [0.05, 0.1) is 11.3 Å². The first-order valence-electron chi connectivity index (χ1n) is 7.82. The standard InChI is InChI=1S/C18H21N3O2S/c1-3-12-6-5-7-13(4-2)16(12)19-18(24)21-20-15-10-8-14(9-11-15)17(22)23/h5-11,20H,3-4H2,1-2H3,(H,22,23)(H2,19,21,24). The van der Waals surface area contributed by atoms with Crippen molar-refractivity contribution in [3.8, 4) is 0 Å². The van der Waals surface area contributed by atoms with Crippen molar-refractivity contribution in [2.24, 2.45) is 0 Å². The molecule has 0 unspecified atom stereocenters. The molecule has 4 N–H and O–H groups in total. The number of rotatable bonds is 6. The highest BCUT2D eigenvalue weighted by atomic mass is 32.1. The molecule has 0 aromatic heterocycles. The van der Waals surface area contributed by atoms with E-state index in [1.807, 2.05) is 0 Å². The Morgan fingerprint density at radius 3 is 2.12 bits per heavy atom. The van der Waals surface area contributed by atoms with Crippen LogP contribution in [0.5, 0.6) is 0 Å². The molecular weight excluding hydrogens is 322 g/mol. The van der Waals surface area contributed by atoms with E-state index in [-0.39, 0.29) is 5.56 Å². The van der Waals surface area contributed by atoms with E-state index in [0.717, 1.165) is 24.2 Å². The molecule has 0 atom stereocenters. The predicted molar refractivity (Wildman–Crippen MR) is 102 cm³/mol. The van der Waals surface area contributed by atoms with Gasteiger partial charge in [0.2, 0.25) is 0 Å². The monoisotopic (exact) mass is 343 g/mol. The van der Waals surface area contributed by atoms with Gasteiger partial charge in [-0.2, -0.15) is 0 Å². The van der Waals surface area contributed by atoms with E-state index >= 15 is 0 Å². The molecule has 0 spiro atoms. The Bertz CT molecular complexity index is 707. The zero-order chi connectivity index (χ0) is 17.5. The van der Waals surface area contributed by atoms with Crippen LogP contribution in [0.15, 0.2) is 42.5 Å². The van der Waals surface area contributed by atoms with Crippen molar-refractivity contribution in [2.45, 2.75) is 26.7 Å². The number of hydrogen-bond acceptors (Lipinski definition) is 3. The molecular formula is C18H21N3O2S. The zero-order valence-corrected chi connectivity index (χ0v) is 14.5. The van der Waals surface area contributed by atoms with Gasteiger partial charge in [-0.1, -0.05) is 32.0 Å². The summed E-state index contributed by atoms with van der Waals surface area (Å²) in [5, 5.41) is 12.6. The third kappa shape index (κ3) is 4.45. The fourth-order valence-electron chi connectivity index (χ4n) is 2.37. The summed E-state index contributed by atoms with van der Waals surface area (Å²) in [7, 11) is 0. The minimum atomic E-state index is -0.949. The average molecular weight is 343 g/mol. The number of carboxylic acid groups (broad SMARTS) is 1. The number of anilines is 2. The van der Waals surface area contributed by atoms with Gasteiger partial charge in [0, 0.05) is 5.69 Å². The lowest BCUT2D eigenvalue weighted by Crippen LogP contribution is -2.33. The van der Waals surface area contributed by atoms with Crippen LogP contribution >= 0.6 is 12.2 Å². The highest BCUT2D eigenvalue weighted by molar-refractivity contribution is 7.80. The Morgan fingerprint density at radius 2 is 1.62 bits per heavy atom. The van der Waals surface area contributed by atoms with E-state index in [4.69, 9.17) is 17.3 Å². The Balaban J connectivity index is 2.00. The SMILES string of the molecule is CCc1cccc(CC)c1NC(=S)NNc1ccc(C(=O)O)cc1. The average Bonchev–Trinajstić information content (AvgIpc) is 2.60. The van der Waals surface area contributed by atoms with Crippen LogP contribution in [0.4, 0.5) is 11.4 Å². The first kappa shape index (κ1) is 17.7. The number of thiocarbonyl (C=S) groups is 1. The molecule has 0 aliphatic carbocycles. The third-order valence-electron chi connectivity index (χ3n) is 3.69. The van der Waals surface area contributed by atoms with E-state index in [1.54, 1.807) is 12.1 Å². The summed E-state index contributed by atoms with van der Waals surface area (Å²) in [5.74, 6) is -0.949. The molecule has 2 aromatic rings. The van der Waals surface area contributed by atoms with Crippen LogP contribution in [0, 0.1) is 0 Å². The maximum atomic E-state index is 10.8. The van der Waals surface area contributed by atoms with Gasteiger partial charge in [-0.25, -0.2) is 4.79 Å². The van der Waals surface area contributed by atoms with Gasteiger partial charge in [-0.05, 0) is 60.5 Å². The van der Waals surface area contributed by atoms with Gasteiger partial charge in [-0.15, -0.1) is 0 Å². The quantitative estimate of drug-likeness (QED) is 0.472. The van der Waals surface area contributed by atoms with Crippen LogP contribution in [-0.4, -0.2) is 16.2 Å². The number of hydrogen-bond donors (Lipinski definition) is 4. The molecule has 0 heterocycles. The Labute approximate surface area is 147 Å². The van der Waals surface area contributed by atoms with Crippen molar-refractivity contribution in [1.82, 2.24) is 5.43 Å². The van der Waals surface area contributed by atoms with Gasteiger partial charge in [0.15, 0.2) is 5.11 Å². The summed E-state index contributed by atoms with van der Waals surface area (Å²) in [5.41, 5.74) is 10.3. The summed E-state index contributed by atoms with van der Waals surface area (Å²) in [6.07, 6.45) is 1.84. The summed E-state index contributed by atoms with van der Waals surface area (Å²) in [6.45, 7) is 4.22. The van der Waals surface area contributed by atoms with Crippen LogP contribution in [0.2, 0.25) is 0 Å². The topological polar surface area (TPSA) is 73.4 Å². The second-order valence-corrected chi connectivity index (χ2v) is 5.65. The molecule has 0 aliphatic heterocycles. The van der Waals surface area contributed by atoms with Crippen LogP contribution < -0.4 is 16.2 Å². The molecule has 5 nitrogen and oxygen atoms in total. The molecule has 0 saturated heterocycles. The second-order valence-electron chi connectivity index (χ2n) is 5.24. The lowest BCUT2D eigenvalue weighted by atomic mass is 10.0. The number of aryl methyl sites for hydroxylation is 2. The van der Waals surface area contributed by atoms with E-state index < -0.39 is 5.97 Å². The molecule has 24 heavy (non-hydrogen) atoms. The van der Waals surface area contributed by atoms with E-state index in [1.165, 1.54) is 23.3 Å². The van der Waals surface area contributed by atoms with Crippen molar-refractivity contribution in [3.63, 3.8) is 0 Å². The largest absolute Gasteiger partial charge is 0.478 e. The number of benzene rings is 2. The number of nitrogens with one attached hydrogen (secondary N) is 3. The molecule has 2 aromatic carbocycles. The Morgan fingerprint density at radius 1 is 1.04 bits per heavy atom. The summed E-state index contributed by atoms with van der Waals surface area (Å²) >= 11 is 5.34. The fourth-order valence-corrected chi connectivity index (χ4v) is 2.53. The molecule has 0 amide bonds. The van der Waals surface area contributed by atoms with E-state index in [0.29, 0.717) is 5.11 Å². The zero-order valence-electron chi connectivity index (χ0n) is 13.7. The number of para-hydroxylation sites is 1. The molecule has 0 aliphatic rings. The third-order valence-corrected chi connectivity index (χ3v) is 3.89. The van der Waals surface area contributed by atoms with Crippen LogP contribution in [0.1, 0.15) is 35.3 Å². The van der Waals surface area contributed by atoms with Crippen molar-refractivity contribution >= 4 is 34.7 Å². The number of carbonyl (C=O) groups is 1. The summed E-state index contributed by atoms with van der Waals surface area (Å²) < 4.78 is 0. The highest BCUT2D eigenvalue weighted by Gasteiger charge is 2.08. The van der Waals surface area contributed by atoms with Gasteiger partial charge in [0.25, 0.3) is 0 Å². The molecule has 6 heteroatoms. The maximum absolute atomic E-state index is 10.8. The molecule has 2 rings (SSSR count). The maximum Gasteiger partial charge on any atom is 0.335 e. The molecule has 0 saturated carbocycles. The molecule has 0 fully saturated rings. The van der Waals surface area contributed by atoms with Crippen LogP contribution in [0.25, 0.3) is 0 Å². The van der Waals surface area contributed by atoms with Gasteiger partial charge < -0.3 is 10.4 Å².